The first-order chi connectivity index (χ1) is 9.13. The third kappa shape index (κ3) is 5.41. The van der Waals surface area contributed by atoms with Crippen LogP contribution in [0, 0.1) is 5.92 Å². The Bertz CT molecular complexity index is 236. The number of piperidine rings is 1. The maximum absolute atomic E-state index is 3.68. The summed E-state index contributed by atoms with van der Waals surface area (Å²) in [6.45, 7) is 11.2. The van der Waals surface area contributed by atoms with Crippen LogP contribution in [0.4, 0.5) is 0 Å². The fourth-order valence-corrected chi connectivity index (χ4v) is 3.46. The predicted molar refractivity (Wildman–Crippen MR) is 82.6 cm³/mol. The molecule has 1 N–H and O–H groups in total. The van der Waals surface area contributed by atoms with Crippen LogP contribution in [0.3, 0.4) is 0 Å². The molecule has 2 atom stereocenters. The fourth-order valence-electron chi connectivity index (χ4n) is 3.46. The molecular weight excluding hydrogens is 234 g/mol. The van der Waals surface area contributed by atoms with Gasteiger partial charge in [-0.15, -0.1) is 0 Å². The zero-order valence-corrected chi connectivity index (χ0v) is 13.2. The highest BCUT2D eigenvalue weighted by Crippen LogP contribution is 2.20. The lowest BCUT2D eigenvalue weighted by Crippen LogP contribution is -2.43. The van der Waals surface area contributed by atoms with Gasteiger partial charge in [0, 0.05) is 12.1 Å². The molecule has 2 unspecified atom stereocenters. The van der Waals surface area contributed by atoms with E-state index in [9.17, 15) is 0 Å². The van der Waals surface area contributed by atoms with Crippen LogP contribution in [0.1, 0.15) is 46.0 Å². The zero-order valence-electron chi connectivity index (χ0n) is 13.2. The number of hydrogen-bond donors (Lipinski definition) is 1. The van der Waals surface area contributed by atoms with Gasteiger partial charge in [-0.2, -0.15) is 0 Å². The number of nitrogens with one attached hydrogen (secondary N) is 1. The van der Waals surface area contributed by atoms with Crippen LogP contribution in [0.5, 0.6) is 0 Å². The molecule has 0 spiro atoms. The highest BCUT2D eigenvalue weighted by molar-refractivity contribution is 4.77. The molecule has 0 amide bonds. The van der Waals surface area contributed by atoms with Crippen LogP contribution in [-0.4, -0.2) is 61.7 Å². The van der Waals surface area contributed by atoms with Crippen molar-refractivity contribution in [2.24, 2.45) is 5.92 Å². The van der Waals surface area contributed by atoms with Crippen molar-refractivity contribution in [1.29, 1.82) is 0 Å². The van der Waals surface area contributed by atoms with Crippen LogP contribution in [-0.2, 0) is 0 Å². The first kappa shape index (κ1) is 15.3. The van der Waals surface area contributed by atoms with Crippen molar-refractivity contribution in [3.63, 3.8) is 0 Å². The summed E-state index contributed by atoms with van der Waals surface area (Å²) in [5, 5.41) is 3.68. The Kier molecular flexibility index (Phi) is 6.11. The van der Waals surface area contributed by atoms with Gasteiger partial charge in [0.15, 0.2) is 0 Å². The Labute approximate surface area is 119 Å². The molecule has 0 aromatic carbocycles. The average molecular weight is 267 g/mol. The van der Waals surface area contributed by atoms with Gasteiger partial charge in [0.2, 0.25) is 0 Å². The molecule has 3 nitrogen and oxygen atoms in total. The molecule has 0 aliphatic carbocycles. The number of nitrogens with zero attached hydrogens (tertiary/aromatic N) is 2. The lowest BCUT2D eigenvalue weighted by Gasteiger charge is -2.33. The van der Waals surface area contributed by atoms with E-state index in [-0.39, 0.29) is 0 Å². The van der Waals surface area contributed by atoms with Crippen molar-refractivity contribution in [1.82, 2.24) is 15.1 Å². The molecule has 0 saturated carbocycles. The van der Waals surface area contributed by atoms with Crippen molar-refractivity contribution in [2.75, 3.05) is 39.8 Å². The Balaban J connectivity index is 1.69. The summed E-state index contributed by atoms with van der Waals surface area (Å²) in [7, 11) is 2.25. The first-order valence-electron chi connectivity index (χ1n) is 8.30. The summed E-state index contributed by atoms with van der Waals surface area (Å²) in [5.74, 6) is 0.981. The molecule has 19 heavy (non-hydrogen) atoms. The molecule has 2 saturated heterocycles. The molecule has 2 aliphatic heterocycles. The summed E-state index contributed by atoms with van der Waals surface area (Å²) in [6, 6.07) is 1.36. The summed E-state index contributed by atoms with van der Waals surface area (Å²) >= 11 is 0. The van der Waals surface area contributed by atoms with Crippen molar-refractivity contribution in [3.8, 4) is 0 Å². The molecule has 0 bridgehead atoms. The molecule has 112 valence electrons. The number of hydrogen-bond acceptors (Lipinski definition) is 3. The number of likely N-dealkylation sites (tertiary alicyclic amines) is 1. The van der Waals surface area contributed by atoms with Crippen LogP contribution < -0.4 is 5.32 Å². The molecular formula is C16H33N3. The van der Waals surface area contributed by atoms with Crippen molar-refractivity contribution >= 4 is 0 Å². The van der Waals surface area contributed by atoms with Gasteiger partial charge in [-0.3, -0.25) is 0 Å². The van der Waals surface area contributed by atoms with Crippen LogP contribution in [0.15, 0.2) is 0 Å². The molecule has 2 rings (SSSR count). The second-order valence-electron chi connectivity index (χ2n) is 6.92. The lowest BCUT2D eigenvalue weighted by atomic mass is 9.93. The van der Waals surface area contributed by atoms with Crippen LogP contribution in [0.25, 0.3) is 0 Å². The van der Waals surface area contributed by atoms with E-state index in [4.69, 9.17) is 0 Å². The number of rotatable bonds is 3. The standard InChI is InChI=1S/C16H33N3/c1-14-4-11-19(12-5-15(2)17-14)13-8-16-6-9-18(3)10-7-16/h14-17H,4-13H2,1-3H3. The Morgan fingerprint density at radius 1 is 0.895 bits per heavy atom. The van der Waals surface area contributed by atoms with E-state index in [0.29, 0.717) is 12.1 Å². The average Bonchev–Trinajstić information content (AvgIpc) is 2.38. The minimum Gasteiger partial charge on any atom is -0.312 e. The molecule has 0 radical (unpaired) electrons. The van der Waals surface area contributed by atoms with Crippen molar-refractivity contribution in [3.05, 3.63) is 0 Å². The van der Waals surface area contributed by atoms with Crippen molar-refractivity contribution < 1.29 is 0 Å². The second kappa shape index (κ2) is 7.61. The predicted octanol–water partition coefficient (Wildman–Crippen LogP) is 2.18. The van der Waals surface area contributed by atoms with Crippen LogP contribution in [0.2, 0.25) is 0 Å². The molecule has 2 heterocycles. The van der Waals surface area contributed by atoms with Gasteiger partial charge in [-0.05, 0) is 91.6 Å². The minimum absolute atomic E-state index is 0.682. The molecule has 0 aromatic rings. The van der Waals surface area contributed by atoms with E-state index >= 15 is 0 Å². The van der Waals surface area contributed by atoms with E-state index in [1.165, 1.54) is 64.8 Å². The largest absolute Gasteiger partial charge is 0.312 e. The molecule has 0 aromatic heterocycles. The quantitative estimate of drug-likeness (QED) is 0.845. The van der Waals surface area contributed by atoms with Gasteiger partial charge < -0.3 is 15.1 Å². The Morgan fingerprint density at radius 2 is 1.47 bits per heavy atom. The Morgan fingerprint density at radius 3 is 2.05 bits per heavy atom. The van der Waals surface area contributed by atoms with E-state index in [1.807, 2.05) is 0 Å². The van der Waals surface area contributed by atoms with E-state index in [0.717, 1.165) is 5.92 Å². The van der Waals surface area contributed by atoms with Crippen molar-refractivity contribution in [2.45, 2.75) is 58.0 Å². The fraction of sp³-hybridized carbons (Fsp3) is 1.00. The smallest absolute Gasteiger partial charge is 0.00533 e. The third-order valence-corrected chi connectivity index (χ3v) is 5.02. The van der Waals surface area contributed by atoms with E-state index in [2.05, 4.69) is 36.0 Å². The highest BCUT2D eigenvalue weighted by atomic mass is 15.1. The van der Waals surface area contributed by atoms with Gasteiger partial charge in [0.25, 0.3) is 0 Å². The SMILES string of the molecule is CC1CCN(CCC2CCN(C)CC2)CCC(C)N1. The lowest BCUT2D eigenvalue weighted by molar-refractivity contribution is 0.172. The maximum Gasteiger partial charge on any atom is 0.00533 e. The van der Waals surface area contributed by atoms with Crippen LogP contribution >= 0.6 is 0 Å². The second-order valence-corrected chi connectivity index (χ2v) is 6.92. The summed E-state index contributed by atoms with van der Waals surface area (Å²) in [4.78, 5) is 5.19. The van der Waals surface area contributed by atoms with Gasteiger partial charge >= 0.3 is 0 Å². The molecule has 2 aliphatic rings. The summed E-state index contributed by atoms with van der Waals surface area (Å²) in [5.41, 5.74) is 0. The Hall–Kier alpha value is -0.120. The maximum atomic E-state index is 3.68. The monoisotopic (exact) mass is 267 g/mol. The van der Waals surface area contributed by atoms with Gasteiger partial charge in [-0.1, -0.05) is 0 Å². The van der Waals surface area contributed by atoms with Gasteiger partial charge in [0.1, 0.15) is 0 Å². The molecule has 2 fully saturated rings. The third-order valence-electron chi connectivity index (χ3n) is 5.02. The van der Waals surface area contributed by atoms with E-state index in [1.54, 1.807) is 0 Å². The first-order valence-corrected chi connectivity index (χ1v) is 8.30. The molecule has 3 heteroatoms. The zero-order chi connectivity index (χ0) is 13.7. The summed E-state index contributed by atoms with van der Waals surface area (Å²) in [6.07, 6.45) is 6.86. The minimum atomic E-state index is 0.682. The van der Waals surface area contributed by atoms with Gasteiger partial charge in [0.05, 0.1) is 0 Å². The highest BCUT2D eigenvalue weighted by Gasteiger charge is 2.19. The summed E-state index contributed by atoms with van der Waals surface area (Å²) < 4.78 is 0. The normalized spacial score (nSPS) is 33.0. The van der Waals surface area contributed by atoms with E-state index < -0.39 is 0 Å². The topological polar surface area (TPSA) is 18.5 Å². The van der Waals surface area contributed by atoms with Gasteiger partial charge in [-0.25, -0.2) is 0 Å².